The average Bonchev–Trinajstić information content (AvgIpc) is 2.78. The molecule has 0 aliphatic heterocycles. The Morgan fingerprint density at radius 1 is 1.12 bits per heavy atom. The molecule has 0 aliphatic carbocycles. The molecule has 0 aliphatic rings. The van der Waals surface area contributed by atoms with Crippen LogP contribution in [0.4, 0.5) is 11.5 Å². The summed E-state index contributed by atoms with van der Waals surface area (Å²) >= 11 is 7.16. The summed E-state index contributed by atoms with van der Waals surface area (Å²) in [4.78, 5) is 16.6. The van der Waals surface area contributed by atoms with Crippen LogP contribution < -0.4 is 11.1 Å². The van der Waals surface area contributed by atoms with E-state index in [1.165, 1.54) is 0 Å². The van der Waals surface area contributed by atoms with Crippen molar-refractivity contribution in [1.82, 2.24) is 4.98 Å². The largest absolute Gasteiger partial charge is 0.383 e. The van der Waals surface area contributed by atoms with Gasteiger partial charge in [0.2, 0.25) is 5.91 Å². The van der Waals surface area contributed by atoms with Crippen molar-refractivity contribution in [2.45, 2.75) is 24.8 Å². The normalized spacial score (nSPS) is 10.4. The molecule has 6 nitrogen and oxygen atoms in total. The van der Waals surface area contributed by atoms with Crippen LogP contribution in [-0.4, -0.2) is 16.6 Å². The number of hydrogen-bond donors (Lipinski definition) is 2. The molecule has 0 atom stereocenters. The number of nitrogens with one attached hydrogen (secondary N) is 1. The number of carbonyl (C=O) groups excluding carboxylic acids is 1. The molecule has 3 rings (SSSR count). The summed E-state index contributed by atoms with van der Waals surface area (Å²) in [6.45, 7) is 4.17. The number of para-hydroxylation sites is 1. The van der Waals surface area contributed by atoms with Gasteiger partial charge in [0.15, 0.2) is 0 Å². The number of nitriles is 2. The number of thioether (sulfide) groups is 1. The van der Waals surface area contributed by atoms with E-state index in [-0.39, 0.29) is 28.6 Å². The number of halogens is 1. The minimum atomic E-state index is -0.306. The molecule has 1 aromatic heterocycles. The van der Waals surface area contributed by atoms with E-state index >= 15 is 0 Å². The Bertz CT molecular complexity index is 1240. The third-order valence-electron chi connectivity index (χ3n) is 4.77. The van der Waals surface area contributed by atoms with Crippen LogP contribution in [0.2, 0.25) is 5.02 Å². The first-order chi connectivity index (χ1) is 15.3. The fourth-order valence-corrected chi connectivity index (χ4v) is 4.09. The maximum atomic E-state index is 12.4. The maximum Gasteiger partial charge on any atom is 0.234 e. The summed E-state index contributed by atoms with van der Waals surface area (Å²) in [5.74, 6) is 0.0486. The number of anilines is 2. The summed E-state index contributed by atoms with van der Waals surface area (Å²) in [7, 11) is 0. The van der Waals surface area contributed by atoms with E-state index in [0.29, 0.717) is 32.8 Å². The summed E-state index contributed by atoms with van der Waals surface area (Å²) in [6.07, 6.45) is 0. The van der Waals surface area contributed by atoms with Crippen molar-refractivity contribution in [2.24, 2.45) is 0 Å². The zero-order chi connectivity index (χ0) is 23.3. The number of benzene rings is 2. The molecule has 32 heavy (non-hydrogen) atoms. The molecule has 0 unspecified atom stereocenters. The van der Waals surface area contributed by atoms with Gasteiger partial charge in [0, 0.05) is 5.56 Å². The Morgan fingerprint density at radius 2 is 1.78 bits per heavy atom. The number of carbonyl (C=O) groups is 1. The molecular formula is C24H20ClN5OS. The van der Waals surface area contributed by atoms with Gasteiger partial charge in [0.05, 0.1) is 22.0 Å². The number of pyridine rings is 1. The predicted molar refractivity (Wildman–Crippen MR) is 128 cm³/mol. The van der Waals surface area contributed by atoms with E-state index in [2.05, 4.69) is 36.3 Å². The standard InChI is InChI=1S/C24H20ClN5OS/c1-14(2)15-7-9-16(10-8-15)22-17(11-26)23(28)30-24(18(22)12-27)32-13-21(31)29-20-6-4-3-5-19(20)25/h3-10,14H,13H2,1-2H3,(H2,28,30)(H,29,31). The second-order valence-corrected chi connectivity index (χ2v) is 8.62. The molecule has 3 aromatic rings. The van der Waals surface area contributed by atoms with Crippen LogP contribution in [0.5, 0.6) is 0 Å². The van der Waals surface area contributed by atoms with Crippen LogP contribution >= 0.6 is 23.4 Å². The van der Waals surface area contributed by atoms with Crippen LogP contribution in [0.3, 0.4) is 0 Å². The van der Waals surface area contributed by atoms with Gasteiger partial charge in [-0.2, -0.15) is 10.5 Å². The van der Waals surface area contributed by atoms with Crippen LogP contribution in [0.25, 0.3) is 11.1 Å². The summed E-state index contributed by atoms with van der Waals surface area (Å²) < 4.78 is 0. The van der Waals surface area contributed by atoms with Gasteiger partial charge in [-0.05, 0) is 29.2 Å². The molecule has 0 radical (unpaired) electrons. The lowest BCUT2D eigenvalue weighted by Crippen LogP contribution is -2.15. The molecule has 8 heteroatoms. The van der Waals surface area contributed by atoms with Crippen molar-refractivity contribution in [3.63, 3.8) is 0 Å². The number of nitrogens with two attached hydrogens (primary N) is 1. The van der Waals surface area contributed by atoms with Crippen LogP contribution in [0, 0.1) is 22.7 Å². The summed E-state index contributed by atoms with van der Waals surface area (Å²) in [5, 5.41) is 23.0. The van der Waals surface area contributed by atoms with E-state index in [4.69, 9.17) is 17.3 Å². The predicted octanol–water partition coefficient (Wildman–Crippen LogP) is 5.58. The lowest BCUT2D eigenvalue weighted by Gasteiger charge is -2.14. The molecule has 1 heterocycles. The van der Waals surface area contributed by atoms with Gasteiger partial charge in [0.25, 0.3) is 0 Å². The highest BCUT2D eigenvalue weighted by Gasteiger charge is 2.21. The third kappa shape index (κ3) is 5.03. The zero-order valence-corrected chi connectivity index (χ0v) is 19.1. The maximum absolute atomic E-state index is 12.4. The van der Waals surface area contributed by atoms with Gasteiger partial charge < -0.3 is 11.1 Å². The van der Waals surface area contributed by atoms with Crippen molar-refractivity contribution in [3.05, 3.63) is 70.2 Å². The van der Waals surface area contributed by atoms with Crippen molar-refractivity contribution >= 4 is 40.8 Å². The Morgan fingerprint density at radius 3 is 2.38 bits per heavy atom. The first-order valence-corrected chi connectivity index (χ1v) is 11.1. The topological polar surface area (TPSA) is 116 Å². The molecule has 160 valence electrons. The van der Waals surface area contributed by atoms with Crippen molar-refractivity contribution in [2.75, 3.05) is 16.8 Å². The first kappa shape index (κ1) is 23.1. The summed E-state index contributed by atoms with van der Waals surface area (Å²) in [5.41, 5.74) is 9.15. The number of nitrogens with zero attached hydrogens (tertiary/aromatic N) is 3. The molecule has 2 aromatic carbocycles. The quantitative estimate of drug-likeness (QED) is 0.463. The molecule has 0 fully saturated rings. The smallest absolute Gasteiger partial charge is 0.234 e. The highest BCUT2D eigenvalue weighted by atomic mass is 35.5. The van der Waals surface area contributed by atoms with Crippen LogP contribution in [-0.2, 0) is 4.79 Å². The Labute approximate surface area is 196 Å². The van der Waals surface area contributed by atoms with E-state index in [0.717, 1.165) is 17.3 Å². The van der Waals surface area contributed by atoms with Gasteiger partial charge in [0.1, 0.15) is 28.5 Å². The molecule has 3 N–H and O–H groups in total. The Balaban J connectivity index is 1.94. The van der Waals surface area contributed by atoms with E-state index in [1.54, 1.807) is 24.3 Å². The minimum absolute atomic E-state index is 0.00995. The fourth-order valence-electron chi connectivity index (χ4n) is 3.11. The number of aromatic nitrogens is 1. The van der Waals surface area contributed by atoms with Crippen molar-refractivity contribution in [3.8, 4) is 23.3 Å². The molecule has 0 saturated heterocycles. The van der Waals surface area contributed by atoms with E-state index in [1.807, 2.05) is 24.3 Å². The number of rotatable bonds is 6. The monoisotopic (exact) mass is 461 g/mol. The van der Waals surface area contributed by atoms with Crippen LogP contribution in [0.15, 0.2) is 53.6 Å². The van der Waals surface area contributed by atoms with E-state index in [9.17, 15) is 15.3 Å². The van der Waals surface area contributed by atoms with Crippen molar-refractivity contribution < 1.29 is 4.79 Å². The van der Waals surface area contributed by atoms with Gasteiger partial charge in [-0.1, -0.05) is 73.6 Å². The van der Waals surface area contributed by atoms with Gasteiger partial charge in [-0.15, -0.1) is 0 Å². The average molecular weight is 462 g/mol. The van der Waals surface area contributed by atoms with Crippen molar-refractivity contribution in [1.29, 1.82) is 10.5 Å². The molecular weight excluding hydrogens is 442 g/mol. The molecule has 0 bridgehead atoms. The number of nitrogen functional groups attached to an aromatic ring is 1. The van der Waals surface area contributed by atoms with E-state index < -0.39 is 0 Å². The Hall–Kier alpha value is -3.52. The first-order valence-electron chi connectivity index (χ1n) is 9.76. The lowest BCUT2D eigenvalue weighted by molar-refractivity contribution is -0.113. The number of amides is 1. The fraction of sp³-hybridized carbons (Fsp3) is 0.167. The highest BCUT2D eigenvalue weighted by molar-refractivity contribution is 8.00. The number of hydrogen-bond acceptors (Lipinski definition) is 6. The second-order valence-electron chi connectivity index (χ2n) is 7.24. The molecule has 1 amide bonds. The van der Waals surface area contributed by atoms with Gasteiger partial charge in [-0.3, -0.25) is 4.79 Å². The zero-order valence-electron chi connectivity index (χ0n) is 17.5. The van der Waals surface area contributed by atoms with Gasteiger partial charge in [-0.25, -0.2) is 4.98 Å². The van der Waals surface area contributed by atoms with Gasteiger partial charge >= 0.3 is 0 Å². The molecule has 0 saturated carbocycles. The second kappa shape index (κ2) is 10.2. The Kier molecular flexibility index (Phi) is 7.37. The third-order valence-corrected chi connectivity index (χ3v) is 6.07. The SMILES string of the molecule is CC(C)c1ccc(-c2c(C#N)c(N)nc(SCC(=O)Nc3ccccc3Cl)c2C#N)cc1. The molecule has 0 spiro atoms. The van der Waals surface area contributed by atoms with Crippen LogP contribution in [0.1, 0.15) is 36.5 Å². The highest BCUT2D eigenvalue weighted by Crippen LogP contribution is 2.36. The minimum Gasteiger partial charge on any atom is -0.383 e. The summed E-state index contributed by atoms with van der Waals surface area (Å²) in [6, 6.07) is 18.8. The lowest BCUT2D eigenvalue weighted by atomic mass is 9.94.